The Morgan fingerprint density at radius 1 is 1.20 bits per heavy atom. The zero-order valence-corrected chi connectivity index (χ0v) is 11.8. The van der Waals surface area contributed by atoms with Crippen molar-refractivity contribution in [1.29, 1.82) is 0 Å². The molecule has 5 nitrogen and oxygen atoms in total. The van der Waals surface area contributed by atoms with Gasteiger partial charge in [0.25, 0.3) is 0 Å². The van der Waals surface area contributed by atoms with Crippen LogP contribution in [0.15, 0.2) is 24.3 Å². The van der Waals surface area contributed by atoms with Crippen LogP contribution in [-0.4, -0.2) is 40.5 Å². The number of amides is 2. The Hall–Kier alpha value is -1.88. The van der Waals surface area contributed by atoms with Crippen molar-refractivity contribution in [2.75, 3.05) is 18.4 Å². The minimum Gasteiger partial charge on any atom is -0.390 e. The number of piperidine rings is 1. The van der Waals surface area contributed by atoms with E-state index in [2.05, 4.69) is 5.32 Å². The molecule has 1 aliphatic rings. The maximum atomic E-state index is 12.1. The minimum absolute atomic E-state index is 0.00105. The first-order chi connectivity index (χ1) is 9.37. The Kier molecular flexibility index (Phi) is 4.09. The van der Waals surface area contributed by atoms with Crippen LogP contribution in [0.2, 0.25) is 0 Å². The number of benzene rings is 1. The molecule has 108 valence electrons. The van der Waals surface area contributed by atoms with Crippen molar-refractivity contribution in [2.45, 2.75) is 32.3 Å². The number of rotatable bonds is 2. The molecule has 0 aromatic heterocycles. The largest absolute Gasteiger partial charge is 0.390 e. The normalized spacial score (nSPS) is 17.6. The van der Waals surface area contributed by atoms with Crippen LogP contribution < -0.4 is 5.32 Å². The second kappa shape index (κ2) is 5.63. The zero-order valence-electron chi connectivity index (χ0n) is 11.8. The topological polar surface area (TPSA) is 69.6 Å². The first-order valence-corrected chi connectivity index (χ1v) is 6.77. The van der Waals surface area contributed by atoms with Gasteiger partial charge in [0.2, 0.25) is 0 Å². The van der Waals surface area contributed by atoms with Gasteiger partial charge in [-0.2, -0.15) is 0 Å². The maximum Gasteiger partial charge on any atom is 0.321 e. The summed E-state index contributed by atoms with van der Waals surface area (Å²) in [4.78, 5) is 24.9. The number of nitrogens with zero attached hydrogens (tertiary/aromatic N) is 1. The number of ketones is 1. The van der Waals surface area contributed by atoms with Crippen LogP contribution in [0.3, 0.4) is 0 Å². The predicted molar refractivity (Wildman–Crippen MR) is 76.9 cm³/mol. The summed E-state index contributed by atoms with van der Waals surface area (Å²) in [7, 11) is 0. The number of aliphatic hydroxyl groups is 1. The number of Topliss-reactive ketones (excluding diaryl/α,β-unsaturated/α-hetero) is 1. The van der Waals surface area contributed by atoms with Gasteiger partial charge in [0, 0.05) is 24.3 Å². The molecule has 1 heterocycles. The van der Waals surface area contributed by atoms with Crippen molar-refractivity contribution in [2.24, 2.45) is 0 Å². The van der Waals surface area contributed by atoms with Crippen molar-refractivity contribution >= 4 is 17.5 Å². The van der Waals surface area contributed by atoms with E-state index in [0.717, 1.165) is 0 Å². The van der Waals surface area contributed by atoms with E-state index >= 15 is 0 Å². The van der Waals surface area contributed by atoms with Crippen LogP contribution in [0.5, 0.6) is 0 Å². The maximum absolute atomic E-state index is 12.1. The summed E-state index contributed by atoms with van der Waals surface area (Å²) >= 11 is 0. The molecule has 0 bridgehead atoms. The van der Waals surface area contributed by atoms with Crippen LogP contribution in [0.25, 0.3) is 0 Å². The van der Waals surface area contributed by atoms with Gasteiger partial charge in [-0.25, -0.2) is 4.79 Å². The molecule has 20 heavy (non-hydrogen) atoms. The molecular formula is C15H20N2O3. The molecule has 1 aromatic rings. The highest BCUT2D eigenvalue weighted by Crippen LogP contribution is 2.21. The minimum atomic E-state index is -0.667. The van der Waals surface area contributed by atoms with Gasteiger partial charge in [-0.15, -0.1) is 0 Å². The van der Waals surface area contributed by atoms with Crippen LogP contribution in [0.1, 0.15) is 37.0 Å². The third kappa shape index (κ3) is 3.57. The molecule has 0 aliphatic carbocycles. The van der Waals surface area contributed by atoms with Gasteiger partial charge < -0.3 is 15.3 Å². The van der Waals surface area contributed by atoms with Crippen LogP contribution in [0, 0.1) is 0 Å². The quantitative estimate of drug-likeness (QED) is 0.814. The van der Waals surface area contributed by atoms with E-state index in [1.807, 2.05) is 0 Å². The highest BCUT2D eigenvalue weighted by Gasteiger charge is 2.29. The van der Waals surface area contributed by atoms with E-state index in [1.165, 1.54) is 6.92 Å². The van der Waals surface area contributed by atoms with Gasteiger partial charge in [0.15, 0.2) is 5.78 Å². The Morgan fingerprint density at radius 2 is 1.75 bits per heavy atom. The average Bonchev–Trinajstić information content (AvgIpc) is 2.39. The van der Waals surface area contributed by atoms with Crippen LogP contribution >= 0.6 is 0 Å². The molecule has 0 spiro atoms. The number of carbonyl (C=O) groups is 2. The number of nitrogens with one attached hydrogen (secondary N) is 1. The molecule has 1 aliphatic heterocycles. The lowest BCUT2D eigenvalue weighted by Crippen LogP contribution is -2.46. The molecule has 0 unspecified atom stereocenters. The molecule has 0 radical (unpaired) electrons. The number of likely N-dealkylation sites (tertiary alicyclic amines) is 1. The van der Waals surface area contributed by atoms with E-state index in [9.17, 15) is 14.7 Å². The number of urea groups is 1. The number of carbonyl (C=O) groups excluding carboxylic acids is 2. The summed E-state index contributed by atoms with van der Waals surface area (Å²) in [5.74, 6) is 0.00105. The van der Waals surface area contributed by atoms with Crippen molar-refractivity contribution < 1.29 is 14.7 Å². The SMILES string of the molecule is CC(=O)c1ccc(NC(=O)N2CCC(C)(O)CC2)cc1. The zero-order chi connectivity index (χ0) is 14.8. The molecule has 0 saturated carbocycles. The van der Waals surface area contributed by atoms with Gasteiger partial charge >= 0.3 is 6.03 Å². The second-order valence-electron chi connectivity index (χ2n) is 5.55. The van der Waals surface area contributed by atoms with Gasteiger partial charge in [-0.05, 0) is 51.0 Å². The Labute approximate surface area is 118 Å². The fraction of sp³-hybridized carbons (Fsp3) is 0.467. The molecule has 1 aromatic carbocycles. The van der Waals surface area contributed by atoms with Gasteiger partial charge in [0.1, 0.15) is 0 Å². The molecule has 2 amide bonds. The third-order valence-corrected chi connectivity index (χ3v) is 3.67. The van der Waals surface area contributed by atoms with E-state index in [4.69, 9.17) is 0 Å². The molecule has 1 saturated heterocycles. The summed E-state index contributed by atoms with van der Waals surface area (Å²) in [6.07, 6.45) is 1.17. The van der Waals surface area contributed by atoms with Crippen molar-refractivity contribution in [1.82, 2.24) is 4.90 Å². The van der Waals surface area contributed by atoms with Crippen LogP contribution in [-0.2, 0) is 0 Å². The number of hydrogen-bond donors (Lipinski definition) is 2. The highest BCUT2D eigenvalue weighted by atomic mass is 16.3. The summed E-state index contributed by atoms with van der Waals surface area (Å²) in [5, 5.41) is 12.7. The molecular weight excluding hydrogens is 256 g/mol. The molecule has 1 fully saturated rings. The fourth-order valence-electron chi connectivity index (χ4n) is 2.18. The first-order valence-electron chi connectivity index (χ1n) is 6.77. The molecule has 2 rings (SSSR count). The van der Waals surface area contributed by atoms with E-state index in [-0.39, 0.29) is 11.8 Å². The molecule has 2 N–H and O–H groups in total. The molecule has 0 atom stereocenters. The average molecular weight is 276 g/mol. The fourth-order valence-corrected chi connectivity index (χ4v) is 2.18. The lowest BCUT2D eigenvalue weighted by molar-refractivity contribution is 0.00570. The smallest absolute Gasteiger partial charge is 0.321 e. The van der Waals surface area contributed by atoms with Crippen molar-refractivity contribution in [3.05, 3.63) is 29.8 Å². The standard InChI is InChI=1S/C15H20N2O3/c1-11(18)12-3-5-13(6-4-12)16-14(19)17-9-7-15(2,20)8-10-17/h3-6,20H,7-10H2,1-2H3,(H,16,19). The van der Waals surface area contributed by atoms with Gasteiger partial charge in [-0.1, -0.05) is 0 Å². The Balaban J connectivity index is 1.93. The lowest BCUT2D eigenvalue weighted by Gasteiger charge is -2.35. The second-order valence-corrected chi connectivity index (χ2v) is 5.55. The van der Waals surface area contributed by atoms with E-state index in [1.54, 1.807) is 36.1 Å². The molecule has 5 heteroatoms. The third-order valence-electron chi connectivity index (χ3n) is 3.67. The van der Waals surface area contributed by atoms with E-state index in [0.29, 0.717) is 37.2 Å². The van der Waals surface area contributed by atoms with Crippen LogP contribution in [0.4, 0.5) is 10.5 Å². The van der Waals surface area contributed by atoms with Crippen molar-refractivity contribution in [3.63, 3.8) is 0 Å². The first kappa shape index (κ1) is 14.5. The lowest BCUT2D eigenvalue weighted by atomic mass is 9.94. The summed E-state index contributed by atoms with van der Waals surface area (Å²) < 4.78 is 0. The van der Waals surface area contributed by atoms with Gasteiger partial charge in [-0.3, -0.25) is 4.79 Å². The summed E-state index contributed by atoms with van der Waals surface area (Å²) in [6, 6.07) is 6.65. The number of hydrogen-bond acceptors (Lipinski definition) is 3. The monoisotopic (exact) mass is 276 g/mol. The number of anilines is 1. The highest BCUT2D eigenvalue weighted by molar-refractivity contribution is 5.95. The predicted octanol–water partition coefficient (Wildman–Crippen LogP) is 2.27. The van der Waals surface area contributed by atoms with Crippen molar-refractivity contribution in [3.8, 4) is 0 Å². The summed E-state index contributed by atoms with van der Waals surface area (Å²) in [6.45, 7) is 4.39. The Morgan fingerprint density at radius 3 is 2.25 bits per heavy atom. The summed E-state index contributed by atoms with van der Waals surface area (Å²) in [5.41, 5.74) is 0.620. The van der Waals surface area contributed by atoms with Gasteiger partial charge in [0.05, 0.1) is 5.60 Å². The Bertz CT molecular complexity index is 498. The van der Waals surface area contributed by atoms with E-state index < -0.39 is 5.60 Å².